The van der Waals surface area contributed by atoms with Gasteiger partial charge in [-0.25, -0.2) is 0 Å². The van der Waals surface area contributed by atoms with Crippen LogP contribution in [-0.2, 0) is 37.9 Å². The van der Waals surface area contributed by atoms with Crippen LogP contribution in [0.3, 0.4) is 0 Å². The Balaban J connectivity index is 0.000000149. The largest absolute Gasteiger partial charge is 0.454 e. The Labute approximate surface area is 842 Å². The highest BCUT2D eigenvalue weighted by atomic mass is 32.1. The van der Waals surface area contributed by atoms with Gasteiger partial charge in [0.25, 0.3) is 13.4 Å². The maximum absolute atomic E-state index is 6.97. The van der Waals surface area contributed by atoms with E-state index in [1.54, 1.807) is 0 Å². The van der Waals surface area contributed by atoms with E-state index in [1.807, 2.05) is 22.7 Å². The second kappa shape index (κ2) is 31.2. The number of furan rings is 2. The quantitative estimate of drug-likeness (QED) is 0.141. The van der Waals surface area contributed by atoms with Gasteiger partial charge in [-0.2, -0.15) is 0 Å². The summed E-state index contributed by atoms with van der Waals surface area (Å²) in [6.45, 7) is 52.9. The van der Waals surface area contributed by atoms with Gasteiger partial charge in [0.2, 0.25) is 0 Å². The lowest BCUT2D eigenvalue weighted by Gasteiger charge is -2.41. The molecule has 0 bridgehead atoms. The Bertz CT molecular complexity index is 8940. The van der Waals surface area contributed by atoms with Crippen LogP contribution in [0.25, 0.3) is 118 Å². The van der Waals surface area contributed by atoms with Crippen LogP contribution in [0.5, 0.6) is 0 Å². The third-order valence-corrected chi connectivity index (χ3v) is 33.5. The van der Waals surface area contributed by atoms with Gasteiger partial charge in [-0.3, -0.25) is 0 Å². The molecule has 700 valence electrons. The number of para-hydroxylation sites is 2. The van der Waals surface area contributed by atoms with Crippen molar-refractivity contribution in [2.45, 2.75) is 197 Å². The Morgan fingerprint density at radius 1 is 0.232 bits per heavy atom. The number of hydrogen-bond acceptors (Lipinski definition) is 8. The molecule has 0 amide bonds. The van der Waals surface area contributed by atoms with Crippen LogP contribution in [0.1, 0.15) is 195 Å². The maximum Gasteiger partial charge on any atom is 0.252 e. The molecule has 0 spiro atoms. The standard InChI is InChI=1S/C67H64BN3OS.C63H56BN3OS/c1-39-33-55-59-56(34-39)71-60-50(62-61(71)49-17-14-15-20-57(49)72-62)35-43(67(11,12)13)36-52(60)68(59)51-32-30-46(69(44-26-21-40(22-27-44)64(2,3)4)45-28-23-41(24-29-45)65(5,6)7)38-54(51)70(55)53-19-16-18-48-47-31-25-42(66(8,9)10)37-58(47)73-63(48)53;1-37-32-52-56-53(33-37)67-57-47(59-58(67)46-17-11-13-20-54(46)68-59)34-40(63(8,9)10)35-49(57)64(56)48-31-30-43(36-51(48)66(52)50-19-15-18-45-44-16-12-14-21-55(44)69-60(45)50)65(41-26-22-38(23-27-41)61(2,3)4)42-28-24-39(25-29-42)62(5,6)7/h14-38H,1-13H3;11-36H,1-10H3. The van der Waals surface area contributed by atoms with E-state index in [4.69, 9.17) is 8.83 Å². The van der Waals surface area contributed by atoms with Gasteiger partial charge in [0, 0.05) is 121 Å². The van der Waals surface area contributed by atoms with Crippen LogP contribution in [0.2, 0.25) is 0 Å². The average Bonchev–Trinajstić information content (AvgIpc) is 1.49. The zero-order valence-corrected chi connectivity index (χ0v) is 87.5. The highest BCUT2D eigenvalue weighted by Gasteiger charge is 2.48. The Hall–Kier alpha value is -14.0. The maximum atomic E-state index is 6.97. The van der Waals surface area contributed by atoms with Gasteiger partial charge in [-0.1, -0.05) is 297 Å². The molecule has 12 heteroatoms. The fourth-order valence-electron chi connectivity index (χ4n) is 23.5. The van der Waals surface area contributed by atoms with Crippen molar-refractivity contribution in [1.82, 2.24) is 9.13 Å². The summed E-state index contributed by atoms with van der Waals surface area (Å²) in [7, 11) is 0. The Kier molecular flexibility index (Phi) is 19.7. The Morgan fingerprint density at radius 3 is 0.937 bits per heavy atom. The molecule has 142 heavy (non-hydrogen) atoms. The molecule has 0 saturated heterocycles. The lowest BCUT2D eigenvalue weighted by molar-refractivity contribution is 0.590. The topological polar surface area (TPSA) is 49.1 Å². The first-order valence-electron chi connectivity index (χ1n) is 50.7. The lowest BCUT2D eigenvalue weighted by Crippen LogP contribution is -2.60. The van der Waals surface area contributed by atoms with E-state index in [9.17, 15) is 0 Å². The number of benzene rings is 16. The van der Waals surface area contributed by atoms with Gasteiger partial charge >= 0.3 is 0 Å². The molecule has 4 aliphatic heterocycles. The number of nitrogens with zero attached hydrogens (tertiary/aromatic N) is 6. The van der Waals surface area contributed by atoms with E-state index >= 15 is 0 Å². The SMILES string of the molecule is Cc1cc2c3c(c1)-n1c4c(cc(C(C)(C)C)cc4c4oc5ccccc5c41)B3c1ccc(N(c3ccc(C(C)(C)C)cc3)c3ccc(C(C)(C)C)cc3)cc1N2c1cccc2c1sc1cc(C(C)(C)C)ccc12.Cc1cc2c3c(c1)-n1c4c(cc(C(C)(C)C)cc4c4oc5ccccc5c41)B3c1ccc(N(c3ccc(C(C)(C)C)cc3)c3ccc(C(C)(C)C)cc3)cc1N2c1cccc2c1sc1ccccc12. The summed E-state index contributed by atoms with van der Waals surface area (Å²) in [5.74, 6) is 0. The van der Waals surface area contributed by atoms with Crippen LogP contribution >= 0.6 is 22.7 Å². The minimum Gasteiger partial charge on any atom is -0.454 e. The van der Waals surface area contributed by atoms with Gasteiger partial charge < -0.3 is 37.6 Å². The van der Waals surface area contributed by atoms with Crippen molar-refractivity contribution in [1.29, 1.82) is 0 Å². The summed E-state index contributed by atoms with van der Waals surface area (Å²) in [5, 5.41) is 9.81. The molecule has 0 atom stereocenters. The van der Waals surface area contributed by atoms with E-state index in [1.165, 1.54) is 190 Å². The first kappa shape index (κ1) is 89.3. The molecule has 0 fully saturated rings. The molecule has 8 nitrogen and oxygen atoms in total. The summed E-state index contributed by atoms with van der Waals surface area (Å²) >= 11 is 3.82. The number of hydrogen-bond donors (Lipinski definition) is 0. The molecule has 0 unspecified atom stereocenters. The number of thiophene rings is 2. The zero-order chi connectivity index (χ0) is 98.3. The summed E-state index contributed by atoms with van der Waals surface area (Å²) in [5.41, 5.74) is 44.4. The molecule has 22 aromatic rings. The van der Waals surface area contributed by atoms with E-state index in [0.29, 0.717) is 0 Å². The number of aryl methyl sites for hydroxylation is 2. The van der Waals surface area contributed by atoms with Crippen molar-refractivity contribution in [2.24, 2.45) is 0 Å². The lowest BCUT2D eigenvalue weighted by atomic mass is 9.33. The van der Waals surface area contributed by atoms with Crippen LogP contribution < -0.4 is 52.4 Å². The van der Waals surface area contributed by atoms with Gasteiger partial charge in [0.05, 0.1) is 31.8 Å². The van der Waals surface area contributed by atoms with Crippen molar-refractivity contribution in [3.05, 3.63) is 359 Å². The van der Waals surface area contributed by atoms with Crippen molar-refractivity contribution in [2.75, 3.05) is 19.6 Å². The third-order valence-electron chi connectivity index (χ3n) is 31.1. The minimum atomic E-state index is -0.107. The van der Waals surface area contributed by atoms with E-state index in [-0.39, 0.29) is 51.3 Å². The fourth-order valence-corrected chi connectivity index (χ4v) is 26.0. The molecule has 16 aromatic carbocycles. The number of aromatic nitrogens is 2. The second-order valence-electron chi connectivity index (χ2n) is 47.9. The smallest absolute Gasteiger partial charge is 0.252 e. The molecule has 0 radical (unpaired) electrons. The van der Waals surface area contributed by atoms with Crippen LogP contribution in [0.4, 0.5) is 68.2 Å². The molecule has 0 aliphatic carbocycles. The Morgan fingerprint density at radius 2 is 0.556 bits per heavy atom. The molecular formula is C130H120B2N6O2S2. The number of anilines is 12. The van der Waals surface area contributed by atoms with Crippen LogP contribution in [-0.4, -0.2) is 22.6 Å². The summed E-state index contributed by atoms with van der Waals surface area (Å²) in [6, 6.07) is 118. The molecule has 4 aliphatic rings. The van der Waals surface area contributed by atoms with Gasteiger partial charge in [0.1, 0.15) is 22.2 Å². The first-order chi connectivity index (χ1) is 67.7. The number of rotatable bonds is 8. The fraction of sp³-hybridized carbons (Fsp3) is 0.231. The highest BCUT2D eigenvalue weighted by molar-refractivity contribution is 7.27. The molecule has 0 saturated carbocycles. The van der Waals surface area contributed by atoms with E-state index in [0.717, 1.165) is 78.3 Å². The predicted molar refractivity (Wildman–Crippen MR) is 615 cm³/mol. The molecular weight excluding hydrogens is 1760 g/mol. The van der Waals surface area contributed by atoms with Crippen LogP contribution in [0, 0.1) is 13.8 Å². The van der Waals surface area contributed by atoms with Crippen molar-refractivity contribution >= 4 is 243 Å². The van der Waals surface area contributed by atoms with Crippen molar-refractivity contribution in [3.8, 4) is 11.4 Å². The van der Waals surface area contributed by atoms with Crippen molar-refractivity contribution in [3.63, 3.8) is 0 Å². The monoisotopic (exact) mass is 1880 g/mol. The zero-order valence-electron chi connectivity index (χ0n) is 85.9. The van der Waals surface area contributed by atoms with Gasteiger partial charge in [-0.15, -0.1) is 22.7 Å². The average molecular weight is 1880 g/mol. The minimum absolute atomic E-state index is 0.0293. The third kappa shape index (κ3) is 13.9. The molecule has 0 N–H and O–H groups in total. The first-order valence-corrected chi connectivity index (χ1v) is 52.4. The predicted octanol–water partition coefficient (Wildman–Crippen LogP) is 33.7. The molecule has 10 heterocycles. The van der Waals surface area contributed by atoms with Gasteiger partial charge in [0.15, 0.2) is 11.2 Å². The normalized spacial score (nSPS) is 13.7. The van der Waals surface area contributed by atoms with Gasteiger partial charge in [-0.05, 0) is 292 Å². The highest BCUT2D eigenvalue weighted by Crippen LogP contribution is 2.55. The molecule has 6 aromatic heterocycles. The van der Waals surface area contributed by atoms with Crippen LogP contribution in [0.15, 0.2) is 318 Å². The second-order valence-corrected chi connectivity index (χ2v) is 50.0. The number of fused-ring (bicyclic) bond motifs is 24. The summed E-state index contributed by atoms with van der Waals surface area (Å²) in [6.07, 6.45) is 0. The summed E-state index contributed by atoms with van der Waals surface area (Å²) in [4.78, 5) is 10.2. The molecule has 26 rings (SSSR count). The van der Waals surface area contributed by atoms with E-state index in [2.05, 4.69) is 497 Å². The van der Waals surface area contributed by atoms with Crippen molar-refractivity contribution < 1.29 is 8.83 Å². The van der Waals surface area contributed by atoms with E-state index < -0.39 is 0 Å². The summed E-state index contributed by atoms with van der Waals surface area (Å²) < 4.78 is 24.2.